The Morgan fingerprint density at radius 1 is 1.43 bits per heavy atom. The van der Waals surface area contributed by atoms with Crippen molar-refractivity contribution in [1.29, 1.82) is 0 Å². The number of rotatable bonds is 5. The molecule has 0 aromatic carbocycles. The van der Waals surface area contributed by atoms with Crippen molar-refractivity contribution in [2.45, 2.75) is 31.4 Å². The first kappa shape index (κ1) is 13.7. The predicted octanol–water partition coefficient (Wildman–Crippen LogP) is 0.312. The molecule has 1 aliphatic rings. The van der Waals surface area contributed by atoms with Gasteiger partial charge in [-0.2, -0.15) is 5.10 Å². The first-order valence-corrected chi connectivity index (χ1v) is 6.95. The standard InChI is InChI=1S/C14H17N5O2/c20-11-6-10(7-11)12(5-9-1-3-15-4-2-9)18-14(21)13-16-8-17-19-13/h1-4,8,10-12,20H,5-7H2,(H,18,21)(H,16,17,19)/t10?,11?,12-/m1/s1. The maximum Gasteiger partial charge on any atom is 0.288 e. The molecule has 3 rings (SSSR count). The molecule has 7 heteroatoms. The van der Waals surface area contributed by atoms with Crippen molar-refractivity contribution < 1.29 is 9.90 Å². The minimum atomic E-state index is -0.270. The summed E-state index contributed by atoms with van der Waals surface area (Å²) in [5.74, 6) is 0.211. The molecule has 1 atom stereocenters. The van der Waals surface area contributed by atoms with Crippen LogP contribution in [0.5, 0.6) is 0 Å². The van der Waals surface area contributed by atoms with Crippen molar-refractivity contribution in [3.8, 4) is 0 Å². The van der Waals surface area contributed by atoms with Crippen molar-refractivity contribution in [2.75, 3.05) is 0 Å². The molecule has 1 amide bonds. The molecule has 2 heterocycles. The van der Waals surface area contributed by atoms with Gasteiger partial charge in [0.1, 0.15) is 6.33 Å². The lowest BCUT2D eigenvalue weighted by Crippen LogP contribution is -2.48. The molecular weight excluding hydrogens is 270 g/mol. The molecule has 0 bridgehead atoms. The van der Waals surface area contributed by atoms with Crippen LogP contribution in [0.25, 0.3) is 0 Å². The second kappa shape index (κ2) is 6.01. The maximum atomic E-state index is 12.1. The number of aromatic nitrogens is 4. The van der Waals surface area contributed by atoms with Crippen LogP contribution < -0.4 is 5.32 Å². The second-order valence-corrected chi connectivity index (χ2v) is 5.36. The Kier molecular flexibility index (Phi) is 3.92. The van der Waals surface area contributed by atoms with E-state index in [0.29, 0.717) is 19.3 Å². The molecule has 1 fully saturated rings. The Morgan fingerprint density at radius 3 is 2.81 bits per heavy atom. The van der Waals surface area contributed by atoms with E-state index in [0.717, 1.165) is 5.56 Å². The summed E-state index contributed by atoms with van der Waals surface area (Å²) in [7, 11) is 0. The number of H-pyrrole nitrogens is 1. The first-order chi connectivity index (χ1) is 10.2. The van der Waals surface area contributed by atoms with E-state index in [1.807, 2.05) is 12.1 Å². The highest BCUT2D eigenvalue weighted by molar-refractivity contribution is 5.90. The third kappa shape index (κ3) is 3.25. The highest BCUT2D eigenvalue weighted by Gasteiger charge is 2.35. The highest BCUT2D eigenvalue weighted by atomic mass is 16.3. The Balaban J connectivity index is 1.69. The second-order valence-electron chi connectivity index (χ2n) is 5.36. The van der Waals surface area contributed by atoms with E-state index in [9.17, 15) is 9.90 Å². The van der Waals surface area contributed by atoms with Gasteiger partial charge in [0.25, 0.3) is 5.91 Å². The zero-order valence-electron chi connectivity index (χ0n) is 11.4. The summed E-state index contributed by atoms with van der Waals surface area (Å²) in [4.78, 5) is 20.0. The van der Waals surface area contributed by atoms with E-state index < -0.39 is 0 Å². The van der Waals surface area contributed by atoms with E-state index in [1.165, 1.54) is 6.33 Å². The molecule has 2 aromatic heterocycles. The van der Waals surface area contributed by atoms with Gasteiger partial charge in [-0.25, -0.2) is 4.98 Å². The zero-order chi connectivity index (χ0) is 14.7. The topological polar surface area (TPSA) is 104 Å². The van der Waals surface area contributed by atoms with Crippen LogP contribution in [-0.2, 0) is 6.42 Å². The number of carbonyl (C=O) groups is 1. The average Bonchev–Trinajstić information content (AvgIpc) is 2.98. The smallest absolute Gasteiger partial charge is 0.288 e. The fourth-order valence-corrected chi connectivity index (χ4v) is 2.62. The van der Waals surface area contributed by atoms with Gasteiger partial charge in [-0.05, 0) is 42.9 Å². The largest absolute Gasteiger partial charge is 0.393 e. The van der Waals surface area contributed by atoms with E-state index in [-0.39, 0.29) is 29.8 Å². The number of aliphatic hydroxyl groups excluding tert-OH is 1. The molecule has 1 aliphatic carbocycles. The van der Waals surface area contributed by atoms with Gasteiger partial charge in [0, 0.05) is 18.4 Å². The summed E-state index contributed by atoms with van der Waals surface area (Å²) in [5.41, 5.74) is 1.11. The molecular formula is C14H17N5O2. The van der Waals surface area contributed by atoms with Crippen LogP contribution in [0.15, 0.2) is 30.9 Å². The van der Waals surface area contributed by atoms with Gasteiger partial charge >= 0.3 is 0 Å². The van der Waals surface area contributed by atoms with Gasteiger partial charge in [0.05, 0.1) is 6.10 Å². The fraction of sp³-hybridized carbons (Fsp3) is 0.429. The minimum absolute atomic E-state index is 0.0339. The quantitative estimate of drug-likeness (QED) is 0.734. The molecule has 0 spiro atoms. The molecule has 21 heavy (non-hydrogen) atoms. The van der Waals surface area contributed by atoms with Crippen molar-refractivity contribution in [1.82, 2.24) is 25.5 Å². The van der Waals surface area contributed by atoms with Crippen LogP contribution in [0.1, 0.15) is 29.0 Å². The SMILES string of the molecule is O=C(N[C@H](Cc1ccncc1)C1CC(O)C1)c1ncn[nH]1. The van der Waals surface area contributed by atoms with Crippen molar-refractivity contribution in [3.05, 3.63) is 42.2 Å². The Hall–Kier alpha value is -2.28. The first-order valence-electron chi connectivity index (χ1n) is 6.95. The van der Waals surface area contributed by atoms with Crippen LogP contribution in [0.3, 0.4) is 0 Å². The normalized spacial score (nSPS) is 22.3. The van der Waals surface area contributed by atoms with Gasteiger partial charge < -0.3 is 10.4 Å². The Labute approximate surface area is 121 Å². The lowest BCUT2D eigenvalue weighted by Gasteiger charge is -2.38. The number of aliphatic hydroxyl groups is 1. The summed E-state index contributed by atoms with van der Waals surface area (Å²) >= 11 is 0. The highest BCUT2D eigenvalue weighted by Crippen LogP contribution is 2.31. The van der Waals surface area contributed by atoms with Crippen molar-refractivity contribution in [2.24, 2.45) is 5.92 Å². The monoisotopic (exact) mass is 287 g/mol. The lowest BCUT2D eigenvalue weighted by molar-refractivity contribution is 0.0238. The number of carbonyl (C=O) groups excluding carboxylic acids is 1. The van der Waals surface area contributed by atoms with Crippen LogP contribution in [-0.4, -0.2) is 43.3 Å². The van der Waals surface area contributed by atoms with E-state index in [2.05, 4.69) is 25.5 Å². The fourth-order valence-electron chi connectivity index (χ4n) is 2.62. The maximum absolute atomic E-state index is 12.1. The van der Waals surface area contributed by atoms with Crippen LogP contribution in [0.4, 0.5) is 0 Å². The molecule has 0 aliphatic heterocycles. The lowest BCUT2D eigenvalue weighted by atomic mass is 9.75. The summed E-state index contributed by atoms with van der Waals surface area (Å²) in [6, 6.07) is 3.83. The molecule has 1 saturated carbocycles. The number of nitrogens with one attached hydrogen (secondary N) is 2. The molecule has 0 saturated heterocycles. The predicted molar refractivity (Wildman–Crippen MR) is 74.3 cm³/mol. The van der Waals surface area contributed by atoms with Gasteiger partial charge in [-0.3, -0.25) is 14.9 Å². The summed E-state index contributed by atoms with van der Waals surface area (Å²) in [6.45, 7) is 0. The van der Waals surface area contributed by atoms with Gasteiger partial charge in [-0.15, -0.1) is 0 Å². The molecule has 7 nitrogen and oxygen atoms in total. The zero-order valence-corrected chi connectivity index (χ0v) is 11.4. The number of nitrogens with zero attached hydrogens (tertiary/aromatic N) is 3. The molecule has 3 N–H and O–H groups in total. The van der Waals surface area contributed by atoms with E-state index >= 15 is 0 Å². The minimum Gasteiger partial charge on any atom is -0.393 e. The van der Waals surface area contributed by atoms with E-state index in [4.69, 9.17) is 0 Å². The van der Waals surface area contributed by atoms with E-state index in [1.54, 1.807) is 12.4 Å². The molecule has 0 radical (unpaired) electrons. The number of hydrogen-bond donors (Lipinski definition) is 3. The van der Waals surface area contributed by atoms with Crippen molar-refractivity contribution >= 4 is 5.91 Å². The number of amides is 1. The number of aromatic amines is 1. The molecule has 110 valence electrons. The summed E-state index contributed by atoms with van der Waals surface area (Å²) in [5, 5.41) is 18.7. The third-order valence-corrected chi connectivity index (χ3v) is 3.87. The third-order valence-electron chi connectivity index (χ3n) is 3.87. The van der Waals surface area contributed by atoms with Crippen LogP contribution in [0, 0.1) is 5.92 Å². The van der Waals surface area contributed by atoms with Gasteiger partial charge in [-0.1, -0.05) is 0 Å². The van der Waals surface area contributed by atoms with Crippen LogP contribution in [0.2, 0.25) is 0 Å². The average molecular weight is 287 g/mol. The van der Waals surface area contributed by atoms with Gasteiger partial charge in [0.2, 0.25) is 5.82 Å². The van der Waals surface area contributed by atoms with Crippen molar-refractivity contribution in [3.63, 3.8) is 0 Å². The number of pyridine rings is 1. The van der Waals surface area contributed by atoms with Gasteiger partial charge in [0.15, 0.2) is 0 Å². The molecule has 0 unspecified atom stereocenters. The Bertz CT molecular complexity index is 581. The summed E-state index contributed by atoms with van der Waals surface area (Å²) < 4.78 is 0. The summed E-state index contributed by atoms with van der Waals surface area (Å²) in [6.07, 6.45) is 6.66. The Morgan fingerprint density at radius 2 is 2.19 bits per heavy atom. The number of hydrogen-bond acceptors (Lipinski definition) is 5. The van der Waals surface area contributed by atoms with Crippen LogP contribution >= 0.6 is 0 Å². The molecule has 2 aromatic rings.